The fraction of sp³-hybridized carbons (Fsp3) is 0.588. The summed E-state index contributed by atoms with van der Waals surface area (Å²) in [6.45, 7) is 5.91. The summed E-state index contributed by atoms with van der Waals surface area (Å²) < 4.78 is 0. The van der Waals surface area contributed by atoms with Gasteiger partial charge in [-0.15, -0.1) is 0 Å². The number of benzene rings is 1. The van der Waals surface area contributed by atoms with Gasteiger partial charge in [-0.3, -0.25) is 9.69 Å². The van der Waals surface area contributed by atoms with Crippen molar-refractivity contribution in [2.75, 3.05) is 26.2 Å². The molecule has 1 amide bonds. The van der Waals surface area contributed by atoms with Gasteiger partial charge in [0.05, 0.1) is 0 Å². The molecule has 3 rings (SSSR count). The number of amides is 1. The van der Waals surface area contributed by atoms with Crippen LogP contribution in [0.3, 0.4) is 0 Å². The molecule has 0 aliphatic carbocycles. The first kappa shape index (κ1) is 14.5. The number of nitrogens with two attached hydrogens (primary N) is 1. The monoisotopic (exact) mass is 287 g/mol. The summed E-state index contributed by atoms with van der Waals surface area (Å²) in [5, 5.41) is 0. The van der Waals surface area contributed by atoms with Crippen molar-refractivity contribution in [3.05, 3.63) is 35.4 Å². The first-order valence-electron chi connectivity index (χ1n) is 7.99. The van der Waals surface area contributed by atoms with Crippen LogP contribution in [0.15, 0.2) is 24.3 Å². The molecule has 114 valence electrons. The van der Waals surface area contributed by atoms with Crippen LogP contribution in [0.4, 0.5) is 0 Å². The highest BCUT2D eigenvalue weighted by molar-refractivity contribution is 5.95. The minimum absolute atomic E-state index is 0.185. The Bertz CT molecular complexity index is 509. The molecule has 1 atom stereocenters. The summed E-state index contributed by atoms with van der Waals surface area (Å²) in [6, 6.07) is 8.76. The lowest BCUT2D eigenvalue weighted by atomic mass is 10.0. The van der Waals surface area contributed by atoms with Gasteiger partial charge in [-0.05, 0) is 50.9 Å². The highest BCUT2D eigenvalue weighted by Crippen LogP contribution is 2.22. The maximum absolute atomic E-state index is 12.6. The third kappa shape index (κ3) is 3.11. The predicted octanol–water partition coefficient (Wildman–Crippen LogP) is 1.63. The summed E-state index contributed by atoms with van der Waals surface area (Å²) in [5.41, 5.74) is 7.88. The van der Waals surface area contributed by atoms with E-state index in [0.717, 1.165) is 56.6 Å². The number of nitrogens with zero attached hydrogens (tertiary/aromatic N) is 2. The highest BCUT2D eigenvalue weighted by atomic mass is 16.2. The maximum atomic E-state index is 12.6. The van der Waals surface area contributed by atoms with Gasteiger partial charge in [-0.25, -0.2) is 0 Å². The van der Waals surface area contributed by atoms with E-state index in [2.05, 4.69) is 4.90 Å². The van der Waals surface area contributed by atoms with Crippen LogP contribution in [0, 0.1) is 6.92 Å². The fourth-order valence-corrected chi connectivity index (χ4v) is 3.49. The Morgan fingerprint density at radius 3 is 2.57 bits per heavy atom. The van der Waals surface area contributed by atoms with Crippen molar-refractivity contribution in [2.45, 2.75) is 38.3 Å². The SMILES string of the molecule is Cc1ccccc1C(=O)N1CCC(N2CCC(N)CC2)C1. The van der Waals surface area contributed by atoms with Crippen LogP contribution in [0.1, 0.15) is 35.2 Å². The molecular weight excluding hydrogens is 262 g/mol. The minimum Gasteiger partial charge on any atom is -0.337 e. The number of carbonyl (C=O) groups excluding carboxylic acids is 1. The molecular formula is C17H25N3O. The molecule has 0 saturated carbocycles. The molecule has 2 aliphatic heterocycles. The van der Waals surface area contributed by atoms with Crippen LogP contribution in [-0.4, -0.2) is 54.0 Å². The van der Waals surface area contributed by atoms with E-state index < -0.39 is 0 Å². The molecule has 2 fully saturated rings. The Morgan fingerprint density at radius 1 is 1.14 bits per heavy atom. The summed E-state index contributed by atoms with van der Waals surface area (Å²) in [4.78, 5) is 17.2. The Morgan fingerprint density at radius 2 is 1.86 bits per heavy atom. The van der Waals surface area contributed by atoms with Gasteiger partial charge in [0.15, 0.2) is 0 Å². The molecule has 1 aromatic rings. The normalized spacial score (nSPS) is 24.5. The van der Waals surface area contributed by atoms with E-state index in [1.165, 1.54) is 0 Å². The lowest BCUT2D eigenvalue weighted by Gasteiger charge is -2.34. The first-order chi connectivity index (χ1) is 10.1. The smallest absolute Gasteiger partial charge is 0.254 e. The molecule has 2 heterocycles. The van der Waals surface area contributed by atoms with Gasteiger partial charge in [-0.1, -0.05) is 18.2 Å². The van der Waals surface area contributed by atoms with Crippen LogP contribution in [0.5, 0.6) is 0 Å². The van der Waals surface area contributed by atoms with Crippen LogP contribution in [-0.2, 0) is 0 Å². The highest BCUT2D eigenvalue weighted by Gasteiger charge is 2.32. The molecule has 2 aliphatic rings. The van der Waals surface area contributed by atoms with E-state index in [1.54, 1.807) is 0 Å². The van der Waals surface area contributed by atoms with Crippen LogP contribution >= 0.6 is 0 Å². The molecule has 1 unspecified atom stereocenters. The molecule has 0 bridgehead atoms. The zero-order valence-corrected chi connectivity index (χ0v) is 12.8. The maximum Gasteiger partial charge on any atom is 0.254 e. The van der Waals surface area contributed by atoms with Crippen molar-refractivity contribution in [3.63, 3.8) is 0 Å². The summed E-state index contributed by atoms with van der Waals surface area (Å²) in [7, 11) is 0. The van der Waals surface area contributed by atoms with Crippen molar-refractivity contribution < 1.29 is 4.79 Å². The molecule has 4 heteroatoms. The third-order valence-electron chi connectivity index (χ3n) is 4.92. The summed E-state index contributed by atoms with van der Waals surface area (Å²) in [6.07, 6.45) is 3.26. The molecule has 2 saturated heterocycles. The van der Waals surface area contributed by atoms with Gasteiger partial charge >= 0.3 is 0 Å². The van der Waals surface area contributed by atoms with Gasteiger partial charge in [0.2, 0.25) is 0 Å². The van der Waals surface area contributed by atoms with Crippen molar-refractivity contribution in [1.82, 2.24) is 9.80 Å². The molecule has 0 radical (unpaired) electrons. The van der Waals surface area contributed by atoms with E-state index in [-0.39, 0.29) is 5.91 Å². The average molecular weight is 287 g/mol. The molecule has 0 aromatic heterocycles. The van der Waals surface area contributed by atoms with E-state index >= 15 is 0 Å². The zero-order chi connectivity index (χ0) is 14.8. The van der Waals surface area contributed by atoms with Crippen molar-refractivity contribution in [1.29, 1.82) is 0 Å². The second-order valence-corrected chi connectivity index (χ2v) is 6.38. The molecule has 0 spiro atoms. The quantitative estimate of drug-likeness (QED) is 0.899. The predicted molar refractivity (Wildman–Crippen MR) is 84.3 cm³/mol. The second-order valence-electron chi connectivity index (χ2n) is 6.38. The van der Waals surface area contributed by atoms with Crippen molar-refractivity contribution >= 4 is 5.91 Å². The summed E-state index contributed by atoms with van der Waals surface area (Å²) >= 11 is 0. The Balaban J connectivity index is 1.62. The lowest BCUT2D eigenvalue weighted by molar-refractivity contribution is 0.0768. The molecule has 4 nitrogen and oxygen atoms in total. The van der Waals surface area contributed by atoms with Gasteiger partial charge < -0.3 is 10.6 Å². The van der Waals surface area contributed by atoms with Crippen LogP contribution in [0.2, 0.25) is 0 Å². The summed E-state index contributed by atoms with van der Waals surface area (Å²) in [5.74, 6) is 0.185. The first-order valence-corrected chi connectivity index (χ1v) is 7.99. The van der Waals surface area contributed by atoms with E-state index in [4.69, 9.17) is 5.73 Å². The number of aryl methyl sites for hydroxylation is 1. The zero-order valence-electron chi connectivity index (χ0n) is 12.8. The minimum atomic E-state index is 0.185. The lowest BCUT2D eigenvalue weighted by Crippen LogP contribution is -2.46. The third-order valence-corrected chi connectivity index (χ3v) is 4.92. The van der Waals surface area contributed by atoms with Crippen LogP contribution in [0.25, 0.3) is 0 Å². The number of hydrogen-bond acceptors (Lipinski definition) is 3. The number of rotatable bonds is 2. The van der Waals surface area contributed by atoms with Gasteiger partial charge in [0, 0.05) is 30.7 Å². The largest absolute Gasteiger partial charge is 0.337 e. The second kappa shape index (κ2) is 6.16. The standard InChI is InChI=1S/C17H25N3O/c1-13-4-2-3-5-16(13)17(21)20-11-8-15(12-20)19-9-6-14(18)7-10-19/h2-5,14-15H,6-12,18H2,1H3. The molecule has 2 N–H and O–H groups in total. The van der Waals surface area contributed by atoms with Gasteiger partial charge in [-0.2, -0.15) is 0 Å². The Labute approximate surface area is 126 Å². The Kier molecular flexibility index (Phi) is 4.27. The van der Waals surface area contributed by atoms with E-state index in [0.29, 0.717) is 12.1 Å². The van der Waals surface area contributed by atoms with Gasteiger partial charge in [0.1, 0.15) is 0 Å². The fourth-order valence-electron chi connectivity index (χ4n) is 3.49. The van der Waals surface area contributed by atoms with Gasteiger partial charge in [0.25, 0.3) is 5.91 Å². The van der Waals surface area contributed by atoms with Crippen molar-refractivity contribution in [2.24, 2.45) is 5.73 Å². The molecule has 21 heavy (non-hydrogen) atoms. The number of carbonyl (C=O) groups is 1. The number of likely N-dealkylation sites (tertiary alicyclic amines) is 2. The van der Waals surface area contributed by atoms with Crippen LogP contribution < -0.4 is 5.73 Å². The number of piperidine rings is 1. The molecule has 1 aromatic carbocycles. The van der Waals surface area contributed by atoms with Crippen molar-refractivity contribution in [3.8, 4) is 0 Å². The Hall–Kier alpha value is -1.39. The van der Waals surface area contributed by atoms with E-state index in [1.807, 2.05) is 36.1 Å². The van der Waals surface area contributed by atoms with E-state index in [9.17, 15) is 4.79 Å². The topological polar surface area (TPSA) is 49.6 Å². The number of hydrogen-bond donors (Lipinski definition) is 1. The average Bonchev–Trinajstić information content (AvgIpc) is 2.98.